The first-order chi connectivity index (χ1) is 12.9. The van der Waals surface area contributed by atoms with Crippen molar-refractivity contribution in [2.75, 3.05) is 0 Å². The molecule has 0 aliphatic rings. The SMILES string of the molecule is Cc1ccc(OP(=O)(Oc2ccc(C)cc2)C(=O)Oc2ccccc2)cc1. The highest BCUT2D eigenvalue weighted by atomic mass is 31.2. The number of ether oxygens (including phenoxy) is 1. The number of para-hydroxylation sites is 1. The molecule has 0 amide bonds. The van der Waals surface area contributed by atoms with Crippen LogP contribution in [0, 0.1) is 13.8 Å². The van der Waals surface area contributed by atoms with Gasteiger partial charge in [0.1, 0.15) is 17.2 Å². The van der Waals surface area contributed by atoms with Crippen molar-refractivity contribution in [1.82, 2.24) is 0 Å². The van der Waals surface area contributed by atoms with E-state index in [4.69, 9.17) is 13.8 Å². The van der Waals surface area contributed by atoms with Gasteiger partial charge in [-0.25, -0.2) is 9.36 Å². The van der Waals surface area contributed by atoms with Gasteiger partial charge >= 0.3 is 13.3 Å². The fourth-order valence-electron chi connectivity index (χ4n) is 2.21. The maximum Gasteiger partial charge on any atom is 0.540 e. The van der Waals surface area contributed by atoms with Crippen LogP contribution in [0.25, 0.3) is 0 Å². The van der Waals surface area contributed by atoms with Crippen molar-refractivity contribution in [2.45, 2.75) is 13.8 Å². The van der Waals surface area contributed by atoms with Crippen LogP contribution in [0.1, 0.15) is 11.1 Å². The normalized spacial score (nSPS) is 10.9. The third-order valence-electron chi connectivity index (χ3n) is 3.67. The molecule has 0 atom stereocenters. The summed E-state index contributed by atoms with van der Waals surface area (Å²) in [4.78, 5) is 12.6. The zero-order valence-electron chi connectivity index (χ0n) is 15.0. The number of hydrogen-bond donors (Lipinski definition) is 0. The maximum atomic E-state index is 13.3. The van der Waals surface area contributed by atoms with Crippen molar-refractivity contribution >= 4 is 13.3 Å². The summed E-state index contributed by atoms with van der Waals surface area (Å²) in [6.45, 7) is 3.83. The second kappa shape index (κ2) is 8.11. The number of carbonyl (C=O) groups is 1. The molecule has 0 saturated heterocycles. The quantitative estimate of drug-likeness (QED) is 0.478. The number of carbonyl (C=O) groups excluding carboxylic acids is 1. The first kappa shape index (κ1) is 18.7. The fraction of sp³-hybridized carbons (Fsp3) is 0.0952. The third-order valence-corrected chi connectivity index (χ3v) is 5.11. The second-order valence-corrected chi connectivity index (χ2v) is 7.71. The smallest absolute Gasteiger partial charge is 0.416 e. The number of rotatable bonds is 6. The summed E-state index contributed by atoms with van der Waals surface area (Å²) in [5, 5.41) is 0. The van der Waals surface area contributed by atoms with Gasteiger partial charge in [-0.3, -0.25) is 0 Å². The van der Waals surface area contributed by atoms with Gasteiger partial charge in [-0.2, -0.15) is 0 Å². The van der Waals surface area contributed by atoms with Crippen molar-refractivity contribution in [3.8, 4) is 17.2 Å². The summed E-state index contributed by atoms with van der Waals surface area (Å²) >= 11 is 0. The predicted molar refractivity (Wildman–Crippen MR) is 104 cm³/mol. The van der Waals surface area contributed by atoms with E-state index >= 15 is 0 Å². The van der Waals surface area contributed by atoms with Crippen LogP contribution in [0.4, 0.5) is 4.79 Å². The molecule has 3 aromatic carbocycles. The van der Waals surface area contributed by atoms with Crippen LogP contribution in [0.5, 0.6) is 17.2 Å². The van der Waals surface area contributed by atoms with Gasteiger partial charge in [-0.15, -0.1) is 0 Å². The van der Waals surface area contributed by atoms with Gasteiger partial charge in [0, 0.05) is 0 Å². The number of aryl methyl sites for hydroxylation is 2. The maximum absolute atomic E-state index is 13.3. The second-order valence-electron chi connectivity index (χ2n) is 5.99. The molecule has 0 aliphatic carbocycles. The van der Waals surface area contributed by atoms with Crippen molar-refractivity contribution in [3.63, 3.8) is 0 Å². The number of benzene rings is 3. The third kappa shape index (κ3) is 4.99. The molecule has 0 radical (unpaired) electrons. The Kier molecular flexibility index (Phi) is 5.63. The first-order valence-electron chi connectivity index (χ1n) is 8.35. The lowest BCUT2D eigenvalue weighted by molar-refractivity contribution is 0.215. The van der Waals surface area contributed by atoms with E-state index in [0.717, 1.165) is 11.1 Å². The predicted octanol–water partition coefficient (Wildman–Crippen LogP) is 6.15. The van der Waals surface area contributed by atoms with E-state index in [1.54, 1.807) is 78.9 Å². The minimum absolute atomic E-state index is 0.251. The Morgan fingerprint density at radius 3 is 1.56 bits per heavy atom. The molecular formula is C21H19O5P. The van der Waals surface area contributed by atoms with Crippen molar-refractivity contribution < 1.29 is 23.1 Å². The molecule has 138 valence electrons. The molecule has 3 rings (SSSR count). The van der Waals surface area contributed by atoms with Crippen LogP contribution in [0.2, 0.25) is 0 Å². The standard InChI is InChI=1S/C21H19O5P/c1-16-8-12-19(13-9-16)25-27(23,26-20-14-10-17(2)11-15-20)21(22)24-18-6-4-3-5-7-18/h3-15H,1-2H3. The Balaban J connectivity index is 1.88. The first-order valence-corrected chi connectivity index (χ1v) is 9.89. The lowest BCUT2D eigenvalue weighted by Crippen LogP contribution is -2.15. The molecule has 0 aliphatic heterocycles. The van der Waals surface area contributed by atoms with Gasteiger partial charge in [0.05, 0.1) is 0 Å². The van der Waals surface area contributed by atoms with Crippen molar-refractivity contribution in [1.29, 1.82) is 0 Å². The monoisotopic (exact) mass is 382 g/mol. The molecule has 27 heavy (non-hydrogen) atoms. The number of hydrogen-bond acceptors (Lipinski definition) is 5. The Bertz CT molecular complexity index is 899. The summed E-state index contributed by atoms with van der Waals surface area (Å²) in [5.41, 5.74) is 0.918. The minimum Gasteiger partial charge on any atom is -0.416 e. The van der Waals surface area contributed by atoms with Gasteiger partial charge in [-0.1, -0.05) is 53.6 Å². The van der Waals surface area contributed by atoms with Crippen LogP contribution >= 0.6 is 7.60 Å². The van der Waals surface area contributed by atoms with E-state index in [1.807, 2.05) is 13.8 Å². The van der Waals surface area contributed by atoms with Gasteiger partial charge in [0.15, 0.2) is 0 Å². The minimum atomic E-state index is -4.31. The molecule has 5 nitrogen and oxygen atoms in total. The zero-order chi connectivity index (χ0) is 19.3. The average Bonchev–Trinajstić information content (AvgIpc) is 2.66. The van der Waals surface area contributed by atoms with E-state index in [2.05, 4.69) is 0 Å². The summed E-state index contributed by atoms with van der Waals surface area (Å²) in [6.07, 6.45) is 0. The van der Waals surface area contributed by atoms with E-state index in [-0.39, 0.29) is 17.2 Å². The lowest BCUT2D eigenvalue weighted by Gasteiger charge is -2.18. The highest BCUT2D eigenvalue weighted by Gasteiger charge is 2.41. The molecule has 0 aromatic heterocycles. The molecular weight excluding hydrogens is 363 g/mol. The average molecular weight is 382 g/mol. The molecule has 0 N–H and O–H groups in total. The van der Waals surface area contributed by atoms with Gasteiger partial charge in [0.25, 0.3) is 0 Å². The van der Waals surface area contributed by atoms with Gasteiger partial charge in [-0.05, 0) is 50.2 Å². The Labute approximate surface area is 158 Å². The summed E-state index contributed by atoms with van der Waals surface area (Å²) < 4.78 is 29.5. The van der Waals surface area contributed by atoms with Crippen LogP contribution in [0.3, 0.4) is 0 Å². The highest BCUT2D eigenvalue weighted by Crippen LogP contribution is 2.50. The summed E-state index contributed by atoms with van der Waals surface area (Å²) in [5.74, 6) is 0.754. The summed E-state index contributed by atoms with van der Waals surface area (Å²) in [6, 6.07) is 22.0. The molecule has 0 fully saturated rings. The zero-order valence-corrected chi connectivity index (χ0v) is 15.9. The topological polar surface area (TPSA) is 61.8 Å². The van der Waals surface area contributed by atoms with E-state index in [1.165, 1.54) is 0 Å². The van der Waals surface area contributed by atoms with Crippen molar-refractivity contribution in [3.05, 3.63) is 90.0 Å². The van der Waals surface area contributed by atoms with Crippen LogP contribution in [-0.4, -0.2) is 5.71 Å². The molecule has 3 aromatic rings. The lowest BCUT2D eigenvalue weighted by atomic mass is 10.2. The van der Waals surface area contributed by atoms with E-state index in [0.29, 0.717) is 0 Å². The largest absolute Gasteiger partial charge is 0.540 e. The Hall–Kier alpha value is -3.04. The van der Waals surface area contributed by atoms with Gasteiger partial charge in [0.2, 0.25) is 0 Å². The van der Waals surface area contributed by atoms with Crippen LogP contribution in [-0.2, 0) is 4.57 Å². The van der Waals surface area contributed by atoms with Crippen molar-refractivity contribution in [2.24, 2.45) is 0 Å². The highest BCUT2D eigenvalue weighted by molar-refractivity contribution is 7.72. The molecule has 0 spiro atoms. The molecule has 0 heterocycles. The van der Waals surface area contributed by atoms with E-state index < -0.39 is 13.3 Å². The summed E-state index contributed by atoms with van der Waals surface area (Å²) in [7, 11) is -4.31. The fourth-order valence-corrected chi connectivity index (χ4v) is 3.42. The van der Waals surface area contributed by atoms with Crippen LogP contribution in [0.15, 0.2) is 78.9 Å². The molecule has 6 heteroatoms. The molecule has 0 unspecified atom stereocenters. The Morgan fingerprint density at radius 2 is 1.11 bits per heavy atom. The van der Waals surface area contributed by atoms with E-state index in [9.17, 15) is 9.36 Å². The molecule has 0 bridgehead atoms. The van der Waals surface area contributed by atoms with Crippen LogP contribution < -0.4 is 13.8 Å². The van der Waals surface area contributed by atoms with Gasteiger partial charge < -0.3 is 13.8 Å². The molecule has 0 saturated carbocycles. The Morgan fingerprint density at radius 1 is 0.667 bits per heavy atom.